The Kier molecular flexibility index (Phi) is 15.4. The van der Waals surface area contributed by atoms with Gasteiger partial charge in [0, 0.05) is 0 Å². The van der Waals surface area contributed by atoms with Gasteiger partial charge in [0.25, 0.3) is 0 Å². The van der Waals surface area contributed by atoms with Crippen molar-refractivity contribution in [3.05, 3.63) is 0 Å². The van der Waals surface area contributed by atoms with Gasteiger partial charge >= 0.3 is 12.1 Å². The van der Waals surface area contributed by atoms with Crippen LogP contribution < -0.4 is 16.0 Å². The van der Waals surface area contributed by atoms with Crippen LogP contribution >= 0.6 is 0 Å². The van der Waals surface area contributed by atoms with Crippen LogP contribution in [0.3, 0.4) is 0 Å². The number of carbonyl (C=O) groups is 4. The van der Waals surface area contributed by atoms with Crippen molar-refractivity contribution in [3.63, 3.8) is 0 Å². The molecule has 0 heterocycles. The van der Waals surface area contributed by atoms with E-state index in [0.717, 1.165) is 0 Å². The second-order valence-electron chi connectivity index (χ2n) is 11.2. The molecular formula is C27H51N3O7. The Labute approximate surface area is 223 Å². The summed E-state index contributed by atoms with van der Waals surface area (Å²) in [6, 6.07) is -2.51. The lowest BCUT2D eigenvalue weighted by Crippen LogP contribution is -2.59. The molecule has 6 atom stereocenters. The Morgan fingerprint density at radius 2 is 1.30 bits per heavy atom. The number of esters is 1. The van der Waals surface area contributed by atoms with Gasteiger partial charge in [-0.25, -0.2) is 4.79 Å². The molecular weight excluding hydrogens is 478 g/mol. The highest BCUT2D eigenvalue weighted by molar-refractivity contribution is 5.91. The first-order chi connectivity index (χ1) is 17.1. The summed E-state index contributed by atoms with van der Waals surface area (Å²) in [7, 11) is 0. The van der Waals surface area contributed by atoms with Crippen molar-refractivity contribution >= 4 is 23.9 Å². The highest BCUT2D eigenvalue weighted by Gasteiger charge is 2.35. The molecule has 3 unspecified atom stereocenters. The molecule has 4 N–H and O–H groups in total. The molecule has 0 saturated heterocycles. The first kappa shape index (κ1) is 34.6. The highest BCUT2D eigenvalue weighted by Crippen LogP contribution is 2.16. The summed E-state index contributed by atoms with van der Waals surface area (Å²) in [6.07, 6.45) is -0.446. The molecule has 0 aliphatic heterocycles. The second kappa shape index (κ2) is 16.5. The van der Waals surface area contributed by atoms with Crippen molar-refractivity contribution in [1.82, 2.24) is 16.0 Å². The quantitative estimate of drug-likeness (QED) is 0.238. The third-order valence-corrected chi connectivity index (χ3v) is 6.16. The summed E-state index contributed by atoms with van der Waals surface area (Å²) in [5, 5.41) is 19.0. The number of amides is 3. The van der Waals surface area contributed by atoms with E-state index in [2.05, 4.69) is 16.0 Å². The monoisotopic (exact) mass is 529 g/mol. The third kappa shape index (κ3) is 13.7. The third-order valence-electron chi connectivity index (χ3n) is 6.16. The number of nitrogens with one attached hydrogen (secondary N) is 3. The van der Waals surface area contributed by atoms with Gasteiger partial charge in [0.05, 0.1) is 25.2 Å². The molecule has 0 rings (SSSR count). The zero-order chi connectivity index (χ0) is 28.9. The number of hydrogen-bond donors (Lipinski definition) is 4. The van der Waals surface area contributed by atoms with E-state index in [-0.39, 0.29) is 30.8 Å². The molecule has 10 nitrogen and oxygen atoms in total. The van der Waals surface area contributed by atoms with Gasteiger partial charge in [-0.05, 0) is 51.9 Å². The van der Waals surface area contributed by atoms with Gasteiger partial charge in [-0.1, -0.05) is 54.4 Å². The molecule has 10 heteroatoms. The molecule has 3 amide bonds. The first-order valence-electron chi connectivity index (χ1n) is 13.5. The molecule has 0 aliphatic carbocycles. The fourth-order valence-corrected chi connectivity index (χ4v) is 3.71. The minimum absolute atomic E-state index is 0.131. The lowest BCUT2D eigenvalue weighted by molar-refractivity contribution is -0.146. The molecule has 216 valence electrons. The van der Waals surface area contributed by atoms with E-state index < -0.39 is 53.7 Å². The molecule has 0 radical (unpaired) electrons. The van der Waals surface area contributed by atoms with Crippen molar-refractivity contribution < 1.29 is 33.8 Å². The van der Waals surface area contributed by atoms with Crippen LogP contribution in [0.25, 0.3) is 0 Å². The fourth-order valence-electron chi connectivity index (χ4n) is 3.71. The zero-order valence-electron chi connectivity index (χ0n) is 24.5. The molecule has 0 aromatic rings. The number of hydrogen-bond acceptors (Lipinski definition) is 7. The van der Waals surface area contributed by atoms with Gasteiger partial charge in [0.15, 0.2) is 0 Å². The van der Waals surface area contributed by atoms with Crippen LogP contribution in [0.4, 0.5) is 4.79 Å². The summed E-state index contributed by atoms with van der Waals surface area (Å²) in [5.74, 6) is -1.82. The smallest absolute Gasteiger partial charge is 0.408 e. The standard InChI is InChI=1S/C27H51N3O7/c1-11-17(6)22(24(33)28-19(14-16(4)5)20(31)15-21(32)36-13-3)29-25(34)23(18(7)12-2)30-26(35)37-27(8,9)10/h16-20,22-23,31H,11-15H2,1-10H3,(H,28,33)(H,29,34)(H,30,35)/t17?,18?,19-,20?,22-,23-/m0/s1. The number of aliphatic hydroxyl groups excluding tert-OH is 1. The van der Waals surface area contributed by atoms with Gasteiger partial charge in [0.1, 0.15) is 17.7 Å². The highest BCUT2D eigenvalue weighted by atomic mass is 16.6. The predicted octanol–water partition coefficient (Wildman–Crippen LogP) is 3.30. The molecule has 0 fully saturated rings. The predicted molar refractivity (Wildman–Crippen MR) is 143 cm³/mol. The van der Waals surface area contributed by atoms with Crippen LogP contribution in [0, 0.1) is 17.8 Å². The molecule has 0 saturated carbocycles. The first-order valence-corrected chi connectivity index (χ1v) is 13.5. The van der Waals surface area contributed by atoms with Crippen molar-refractivity contribution in [2.24, 2.45) is 17.8 Å². The van der Waals surface area contributed by atoms with Crippen molar-refractivity contribution in [1.29, 1.82) is 0 Å². The minimum atomic E-state index is -1.14. The van der Waals surface area contributed by atoms with Crippen molar-refractivity contribution in [2.45, 2.75) is 125 Å². The normalized spacial score (nSPS) is 16.5. The Hall–Kier alpha value is -2.36. The number of aliphatic hydroxyl groups is 1. The van der Waals surface area contributed by atoms with Gasteiger partial charge in [0.2, 0.25) is 11.8 Å². The second-order valence-corrected chi connectivity index (χ2v) is 11.2. The Balaban J connectivity index is 5.75. The molecule has 37 heavy (non-hydrogen) atoms. The van der Waals surface area contributed by atoms with Crippen LogP contribution in [-0.4, -0.2) is 65.4 Å². The van der Waals surface area contributed by atoms with E-state index in [1.165, 1.54) is 0 Å². The van der Waals surface area contributed by atoms with E-state index in [1.807, 2.05) is 41.5 Å². The van der Waals surface area contributed by atoms with Gasteiger partial charge in [-0.3, -0.25) is 14.4 Å². The summed E-state index contributed by atoms with van der Waals surface area (Å²) in [6.45, 7) is 18.5. The SMILES string of the molecule is CCOC(=O)CC(O)[C@H](CC(C)C)NC(=O)[C@@H](NC(=O)[C@@H](NC(=O)OC(C)(C)C)C(C)CC)C(C)CC. The summed E-state index contributed by atoms with van der Waals surface area (Å²) < 4.78 is 10.3. The van der Waals surface area contributed by atoms with Crippen LogP contribution in [0.2, 0.25) is 0 Å². The van der Waals surface area contributed by atoms with Crippen molar-refractivity contribution in [2.75, 3.05) is 6.61 Å². The maximum atomic E-state index is 13.4. The zero-order valence-corrected chi connectivity index (χ0v) is 24.5. The van der Waals surface area contributed by atoms with Gasteiger partial charge in [-0.15, -0.1) is 0 Å². The topological polar surface area (TPSA) is 143 Å². The summed E-state index contributed by atoms with van der Waals surface area (Å²) in [5.41, 5.74) is -0.727. The van der Waals surface area contributed by atoms with Crippen LogP contribution in [0.1, 0.15) is 94.9 Å². The van der Waals surface area contributed by atoms with Gasteiger partial charge in [-0.2, -0.15) is 0 Å². The summed E-state index contributed by atoms with van der Waals surface area (Å²) in [4.78, 5) is 51.0. The number of rotatable bonds is 15. The average Bonchev–Trinajstić information content (AvgIpc) is 2.77. The largest absolute Gasteiger partial charge is 0.466 e. The number of alkyl carbamates (subject to hydrolysis) is 1. The van der Waals surface area contributed by atoms with E-state index in [9.17, 15) is 24.3 Å². The lowest BCUT2D eigenvalue weighted by Gasteiger charge is -2.32. The van der Waals surface area contributed by atoms with Crippen LogP contribution in [0.5, 0.6) is 0 Å². The molecule has 0 aromatic carbocycles. The fraction of sp³-hybridized carbons (Fsp3) is 0.852. The Morgan fingerprint density at radius 1 is 0.811 bits per heavy atom. The maximum Gasteiger partial charge on any atom is 0.408 e. The van der Waals surface area contributed by atoms with E-state index in [0.29, 0.717) is 19.3 Å². The molecule has 0 spiro atoms. The Morgan fingerprint density at radius 3 is 1.73 bits per heavy atom. The van der Waals surface area contributed by atoms with Crippen molar-refractivity contribution in [3.8, 4) is 0 Å². The minimum Gasteiger partial charge on any atom is -0.466 e. The van der Waals surface area contributed by atoms with E-state index >= 15 is 0 Å². The van der Waals surface area contributed by atoms with E-state index in [1.54, 1.807) is 27.7 Å². The van der Waals surface area contributed by atoms with E-state index in [4.69, 9.17) is 9.47 Å². The Bertz CT molecular complexity index is 736. The maximum absolute atomic E-state index is 13.4. The molecule has 0 aliphatic rings. The van der Waals surface area contributed by atoms with Gasteiger partial charge < -0.3 is 30.5 Å². The van der Waals surface area contributed by atoms with Crippen LogP contribution in [0.15, 0.2) is 0 Å². The average molecular weight is 530 g/mol. The molecule has 0 aromatic heterocycles. The molecule has 0 bridgehead atoms. The number of ether oxygens (including phenoxy) is 2. The van der Waals surface area contributed by atoms with Crippen LogP contribution in [-0.2, 0) is 23.9 Å². The number of carbonyl (C=O) groups excluding carboxylic acids is 4. The lowest BCUT2D eigenvalue weighted by atomic mass is 9.93. The summed E-state index contributed by atoms with van der Waals surface area (Å²) >= 11 is 0.